The Morgan fingerprint density at radius 2 is 2.31 bits per heavy atom. The van der Waals surface area contributed by atoms with Crippen molar-refractivity contribution in [3.8, 4) is 0 Å². The topological polar surface area (TPSA) is 75.0 Å². The van der Waals surface area contributed by atoms with Crippen molar-refractivity contribution >= 4 is 24.3 Å². The number of pyridine rings is 1. The molecule has 0 radical (unpaired) electrons. The van der Waals surface area contributed by atoms with Gasteiger partial charge in [0.05, 0.1) is 12.7 Å². The van der Waals surface area contributed by atoms with Gasteiger partial charge in [-0.15, -0.1) is 0 Å². The molecule has 4 N–H and O–H groups in total. The molecule has 86 valence electrons. The number of H-pyrrole nitrogens is 1. The van der Waals surface area contributed by atoms with Gasteiger partial charge in [-0.2, -0.15) is 12.6 Å². The molecule has 0 spiro atoms. The second-order valence-corrected chi connectivity index (χ2v) is 2.99. The first-order valence-corrected chi connectivity index (χ1v) is 5.61. The highest BCUT2D eigenvalue weighted by Crippen LogP contribution is 1.96. The lowest BCUT2D eigenvalue weighted by atomic mass is 10.5. The number of hydrogen-bond acceptors (Lipinski definition) is 2. The van der Waals surface area contributed by atoms with Crippen LogP contribution in [0, 0.1) is 0 Å². The Morgan fingerprint density at radius 1 is 1.56 bits per heavy atom. The molecular formula is C10H15N4OS+. The molecule has 2 rings (SSSR count). The molecule has 0 atom stereocenters. The lowest BCUT2D eigenvalue weighted by Crippen LogP contribution is -2.28. The van der Waals surface area contributed by atoms with E-state index in [2.05, 4.69) is 22.9 Å². The molecule has 0 saturated heterocycles. The van der Waals surface area contributed by atoms with E-state index >= 15 is 0 Å². The van der Waals surface area contributed by atoms with E-state index < -0.39 is 6.03 Å². The van der Waals surface area contributed by atoms with Gasteiger partial charge in [-0.3, -0.25) is 0 Å². The van der Waals surface area contributed by atoms with Crippen molar-refractivity contribution in [3.05, 3.63) is 36.3 Å². The highest BCUT2D eigenvalue weighted by Gasteiger charge is 2.07. The molecule has 0 aliphatic carbocycles. The lowest BCUT2D eigenvalue weighted by Gasteiger charge is -1.93. The summed E-state index contributed by atoms with van der Waals surface area (Å²) in [5, 5.41) is 2.52. The summed E-state index contributed by atoms with van der Waals surface area (Å²) in [7, 11) is 0. The van der Waals surface area contributed by atoms with Crippen LogP contribution in [0.4, 0.5) is 4.79 Å². The number of imidazole rings is 1. The fourth-order valence-corrected chi connectivity index (χ4v) is 1.31. The summed E-state index contributed by atoms with van der Waals surface area (Å²) < 4.78 is 1.94. The van der Waals surface area contributed by atoms with Crippen LogP contribution in [-0.2, 0) is 6.54 Å². The van der Waals surface area contributed by atoms with Crippen molar-refractivity contribution in [3.63, 3.8) is 0 Å². The fourth-order valence-electron chi connectivity index (χ4n) is 1.31. The number of aromatic amines is 1. The second-order valence-electron chi connectivity index (χ2n) is 2.99. The Kier molecular flexibility index (Phi) is 4.65. The van der Waals surface area contributed by atoms with Crippen LogP contribution < -0.4 is 15.5 Å². The third-order valence-electron chi connectivity index (χ3n) is 1.93. The number of amides is 2. The molecule has 0 unspecified atom stereocenters. The molecule has 6 heteroatoms. The van der Waals surface area contributed by atoms with Gasteiger partial charge in [0, 0.05) is 6.07 Å². The summed E-state index contributed by atoms with van der Waals surface area (Å²) in [5.74, 6) is 0. The maximum atomic E-state index is 10.5. The molecule has 2 heterocycles. The van der Waals surface area contributed by atoms with E-state index in [0.29, 0.717) is 6.54 Å². The van der Waals surface area contributed by atoms with Crippen molar-refractivity contribution in [2.45, 2.75) is 6.54 Å². The van der Waals surface area contributed by atoms with E-state index in [4.69, 9.17) is 5.73 Å². The van der Waals surface area contributed by atoms with Crippen molar-refractivity contribution in [2.75, 3.05) is 6.26 Å². The number of carbonyl (C=O) groups is 1. The Hall–Kier alpha value is -1.69. The second kappa shape index (κ2) is 6.02. The molecule has 2 amide bonds. The van der Waals surface area contributed by atoms with Crippen molar-refractivity contribution in [2.24, 2.45) is 5.73 Å². The van der Waals surface area contributed by atoms with Crippen LogP contribution >= 0.6 is 12.6 Å². The van der Waals surface area contributed by atoms with Crippen LogP contribution in [0.15, 0.2) is 30.6 Å². The van der Waals surface area contributed by atoms with Crippen LogP contribution in [-0.4, -0.2) is 17.3 Å². The zero-order chi connectivity index (χ0) is 12.0. The average Bonchev–Trinajstić information content (AvgIpc) is 2.71. The lowest BCUT2D eigenvalue weighted by molar-refractivity contribution is -0.510. The number of rotatable bonds is 2. The minimum Gasteiger partial charge on any atom is -0.352 e. The molecule has 0 bridgehead atoms. The first-order chi connectivity index (χ1) is 7.75. The van der Waals surface area contributed by atoms with E-state index in [0.717, 1.165) is 11.3 Å². The maximum absolute atomic E-state index is 10.5. The number of fused-ring (bicyclic) bond motifs is 1. The number of carbonyl (C=O) groups excluding carboxylic acids is 1. The van der Waals surface area contributed by atoms with Crippen molar-refractivity contribution < 1.29 is 9.20 Å². The fraction of sp³-hybridized carbons (Fsp3) is 0.200. The number of aromatic nitrogens is 2. The smallest absolute Gasteiger partial charge is 0.312 e. The zero-order valence-electron chi connectivity index (χ0n) is 8.97. The summed E-state index contributed by atoms with van der Waals surface area (Å²) in [5.41, 5.74) is 6.86. The monoisotopic (exact) mass is 239 g/mol. The van der Waals surface area contributed by atoms with Gasteiger partial charge in [-0.25, -0.2) is 14.2 Å². The molecule has 2 aromatic rings. The normalized spacial score (nSPS) is 9.38. The van der Waals surface area contributed by atoms with Gasteiger partial charge in [-0.1, -0.05) is 6.07 Å². The van der Waals surface area contributed by atoms with E-state index in [1.807, 2.05) is 35.0 Å². The largest absolute Gasteiger partial charge is 0.352 e. The zero-order valence-corrected chi connectivity index (χ0v) is 9.87. The van der Waals surface area contributed by atoms with Crippen LogP contribution in [0.2, 0.25) is 0 Å². The van der Waals surface area contributed by atoms with Crippen LogP contribution in [0.5, 0.6) is 0 Å². The summed E-state index contributed by atoms with van der Waals surface area (Å²) in [6.45, 7) is 0.414. The average molecular weight is 239 g/mol. The Labute approximate surface area is 99.1 Å². The Bertz CT molecular complexity index is 436. The Balaban J connectivity index is 0.000000606. The first kappa shape index (κ1) is 12.4. The van der Waals surface area contributed by atoms with Crippen molar-refractivity contribution in [1.82, 2.24) is 10.3 Å². The van der Waals surface area contributed by atoms with Gasteiger partial charge in [-0.05, 0) is 12.3 Å². The number of hydrogen-bond donors (Lipinski definition) is 4. The van der Waals surface area contributed by atoms with E-state index in [1.165, 1.54) is 0 Å². The number of nitrogens with zero attached hydrogens (tertiary/aromatic N) is 1. The molecule has 0 fully saturated rings. The highest BCUT2D eigenvalue weighted by atomic mass is 32.1. The third kappa shape index (κ3) is 3.16. The number of urea groups is 1. The summed E-state index contributed by atoms with van der Waals surface area (Å²) in [4.78, 5) is 13.6. The Morgan fingerprint density at radius 3 is 2.94 bits per heavy atom. The third-order valence-corrected chi connectivity index (χ3v) is 1.93. The van der Waals surface area contributed by atoms with Crippen LogP contribution in [0.25, 0.3) is 5.65 Å². The molecule has 5 nitrogen and oxygen atoms in total. The summed E-state index contributed by atoms with van der Waals surface area (Å²) >= 11 is 3.53. The standard InChI is InChI=1S/C9H10N4O.CH4S/c10-9(14)11-5-7-6-13-4-2-1-3-8(13)12-7;1-2/h1-4,6H,5H2,(H3,10,11,14);2H,1H3/p+1. The molecule has 16 heavy (non-hydrogen) atoms. The van der Waals surface area contributed by atoms with Gasteiger partial charge < -0.3 is 11.1 Å². The van der Waals surface area contributed by atoms with Gasteiger partial charge in [0.15, 0.2) is 5.69 Å². The predicted molar refractivity (Wildman–Crippen MR) is 65.3 cm³/mol. The number of thiol groups is 1. The minimum absolute atomic E-state index is 0.414. The molecule has 2 aromatic heterocycles. The predicted octanol–water partition coefficient (Wildman–Crippen LogP) is 0.468. The molecular weight excluding hydrogens is 224 g/mol. The van der Waals surface area contributed by atoms with Gasteiger partial charge in [0.2, 0.25) is 0 Å². The SMILES string of the molecule is CS.NC(=O)NCc1c[n+]2ccccc2[nH]1. The summed E-state index contributed by atoms with van der Waals surface area (Å²) in [6, 6.07) is 5.31. The maximum Gasteiger partial charge on any atom is 0.312 e. The van der Waals surface area contributed by atoms with E-state index in [1.54, 1.807) is 6.26 Å². The molecule has 0 aliphatic heterocycles. The molecule has 0 saturated carbocycles. The number of nitrogens with one attached hydrogen (secondary N) is 2. The van der Waals surface area contributed by atoms with Crippen LogP contribution in [0.1, 0.15) is 5.69 Å². The van der Waals surface area contributed by atoms with Crippen molar-refractivity contribution in [1.29, 1.82) is 0 Å². The number of primary amides is 1. The molecule has 0 aliphatic rings. The summed E-state index contributed by atoms with van der Waals surface area (Å²) in [6.07, 6.45) is 5.53. The van der Waals surface area contributed by atoms with E-state index in [-0.39, 0.29) is 0 Å². The van der Waals surface area contributed by atoms with Gasteiger partial charge in [0.1, 0.15) is 6.20 Å². The first-order valence-electron chi connectivity index (χ1n) is 4.71. The quantitative estimate of drug-likeness (QED) is 0.446. The minimum atomic E-state index is -0.520. The van der Waals surface area contributed by atoms with Gasteiger partial charge in [0.25, 0.3) is 5.65 Å². The molecule has 0 aromatic carbocycles. The number of nitrogens with two attached hydrogens (primary N) is 1. The highest BCUT2D eigenvalue weighted by molar-refractivity contribution is 7.79. The van der Waals surface area contributed by atoms with Gasteiger partial charge >= 0.3 is 6.03 Å². The van der Waals surface area contributed by atoms with E-state index in [9.17, 15) is 4.79 Å². The van der Waals surface area contributed by atoms with Crippen LogP contribution in [0.3, 0.4) is 0 Å².